The number of hydrogen-bond acceptors (Lipinski definition) is 2. The first-order chi connectivity index (χ1) is 9.08. The molecule has 2 N–H and O–H groups in total. The first-order valence-electron chi connectivity index (χ1n) is 6.61. The summed E-state index contributed by atoms with van der Waals surface area (Å²) in [6.07, 6.45) is 1.03. The number of aryl methyl sites for hydroxylation is 2. The molecule has 0 saturated carbocycles. The minimum absolute atomic E-state index is 0.221. The van der Waals surface area contributed by atoms with Gasteiger partial charge in [0.2, 0.25) is 0 Å². The van der Waals surface area contributed by atoms with Crippen molar-refractivity contribution in [1.82, 2.24) is 9.78 Å². The summed E-state index contributed by atoms with van der Waals surface area (Å²) in [7, 11) is 0. The maximum Gasteiger partial charge on any atom is 0.128 e. The van der Waals surface area contributed by atoms with E-state index in [1.807, 2.05) is 24.6 Å². The minimum Gasteiger partial charge on any atom is -0.326 e. The molecule has 2 aromatic rings. The van der Waals surface area contributed by atoms with Crippen molar-refractivity contribution in [1.29, 1.82) is 0 Å². The van der Waals surface area contributed by atoms with Gasteiger partial charge in [-0.05, 0) is 31.9 Å². The number of hydrogen-bond donors (Lipinski definition) is 1. The molecule has 1 aromatic carbocycles. The van der Waals surface area contributed by atoms with Crippen molar-refractivity contribution in [3.05, 3.63) is 41.0 Å². The summed E-state index contributed by atoms with van der Waals surface area (Å²) < 4.78 is 15.8. The van der Waals surface area contributed by atoms with E-state index in [1.165, 1.54) is 0 Å². The van der Waals surface area contributed by atoms with Crippen molar-refractivity contribution in [3.63, 3.8) is 0 Å². The number of halogens is 1. The highest BCUT2D eigenvalue weighted by molar-refractivity contribution is 5.68. The third-order valence-electron chi connectivity index (χ3n) is 3.38. The number of nitrogens with zero attached hydrogens (tertiary/aromatic N) is 2. The van der Waals surface area contributed by atoms with Crippen LogP contribution in [-0.4, -0.2) is 9.78 Å². The quantitative estimate of drug-likeness (QED) is 0.918. The molecule has 0 atom stereocenters. The Kier molecular flexibility index (Phi) is 4.00. The summed E-state index contributed by atoms with van der Waals surface area (Å²) in [5.74, 6) is -0.248. The van der Waals surface area contributed by atoms with E-state index in [1.54, 1.807) is 12.1 Å². The Morgan fingerprint density at radius 1 is 1.32 bits per heavy atom. The third-order valence-corrected chi connectivity index (χ3v) is 3.38. The van der Waals surface area contributed by atoms with Crippen molar-refractivity contribution >= 4 is 0 Å². The van der Waals surface area contributed by atoms with E-state index in [-0.39, 0.29) is 12.4 Å². The van der Waals surface area contributed by atoms with Crippen molar-refractivity contribution in [3.8, 4) is 11.1 Å². The van der Waals surface area contributed by atoms with Gasteiger partial charge in [-0.1, -0.05) is 19.1 Å². The Bertz CT molecular complexity index is 587. The Balaban J connectivity index is 2.49. The van der Waals surface area contributed by atoms with Crippen LogP contribution in [0.4, 0.5) is 4.39 Å². The zero-order chi connectivity index (χ0) is 14.0. The van der Waals surface area contributed by atoms with Gasteiger partial charge in [-0.25, -0.2) is 4.39 Å². The smallest absolute Gasteiger partial charge is 0.128 e. The molecule has 0 fully saturated rings. The summed E-state index contributed by atoms with van der Waals surface area (Å²) >= 11 is 0. The maximum atomic E-state index is 13.8. The van der Waals surface area contributed by atoms with E-state index in [4.69, 9.17) is 5.73 Å². The van der Waals surface area contributed by atoms with Gasteiger partial charge in [-0.2, -0.15) is 5.10 Å². The van der Waals surface area contributed by atoms with E-state index >= 15 is 0 Å². The molecule has 102 valence electrons. The molecule has 0 amide bonds. The van der Waals surface area contributed by atoms with Gasteiger partial charge < -0.3 is 5.73 Å². The normalized spacial score (nSPS) is 11.0. The minimum atomic E-state index is -0.248. The van der Waals surface area contributed by atoms with Gasteiger partial charge in [-0.3, -0.25) is 4.68 Å². The molecule has 0 bridgehead atoms. The van der Waals surface area contributed by atoms with E-state index in [2.05, 4.69) is 12.0 Å². The van der Waals surface area contributed by atoms with Crippen molar-refractivity contribution in [2.45, 2.75) is 40.3 Å². The number of nitrogens with two attached hydrogens (primary N) is 1. The van der Waals surface area contributed by atoms with E-state index in [9.17, 15) is 4.39 Å². The van der Waals surface area contributed by atoms with Crippen LogP contribution >= 0.6 is 0 Å². The molecule has 4 heteroatoms. The van der Waals surface area contributed by atoms with Gasteiger partial charge in [0.25, 0.3) is 0 Å². The van der Waals surface area contributed by atoms with Crippen molar-refractivity contribution in [2.75, 3.05) is 0 Å². The second-order valence-corrected chi connectivity index (χ2v) is 4.78. The van der Waals surface area contributed by atoms with E-state index in [0.717, 1.165) is 35.5 Å². The molecule has 0 saturated heterocycles. The van der Waals surface area contributed by atoms with E-state index in [0.29, 0.717) is 5.56 Å². The van der Waals surface area contributed by atoms with Crippen molar-refractivity contribution < 1.29 is 4.39 Å². The molecule has 0 spiro atoms. The fourth-order valence-corrected chi connectivity index (χ4v) is 2.41. The molecule has 1 aromatic heterocycles. The van der Waals surface area contributed by atoms with Gasteiger partial charge in [0.1, 0.15) is 5.82 Å². The zero-order valence-electron chi connectivity index (χ0n) is 11.7. The van der Waals surface area contributed by atoms with E-state index < -0.39 is 0 Å². The van der Waals surface area contributed by atoms with Crippen LogP contribution in [0, 0.1) is 19.7 Å². The molecule has 1 heterocycles. The second-order valence-electron chi connectivity index (χ2n) is 4.78. The average molecular weight is 261 g/mol. The molecule has 0 radical (unpaired) electrons. The number of benzene rings is 1. The molecule has 0 aliphatic carbocycles. The Hall–Kier alpha value is -1.68. The highest BCUT2D eigenvalue weighted by atomic mass is 19.1. The highest BCUT2D eigenvalue weighted by Gasteiger charge is 2.14. The van der Waals surface area contributed by atoms with Crippen LogP contribution in [0.3, 0.4) is 0 Å². The predicted octanol–water partition coefficient (Wildman–Crippen LogP) is 3.17. The Labute approximate surface area is 113 Å². The Morgan fingerprint density at radius 2 is 2.05 bits per heavy atom. The summed E-state index contributed by atoms with van der Waals surface area (Å²) in [4.78, 5) is 0. The predicted molar refractivity (Wildman–Crippen MR) is 75.3 cm³/mol. The fraction of sp³-hybridized carbons (Fsp3) is 0.400. The molecular formula is C15H20FN3. The van der Waals surface area contributed by atoms with Crippen LogP contribution in [0.15, 0.2) is 18.2 Å². The average Bonchev–Trinajstić information content (AvgIpc) is 2.65. The molecule has 0 aliphatic heterocycles. The second kappa shape index (κ2) is 5.53. The molecule has 19 heavy (non-hydrogen) atoms. The van der Waals surface area contributed by atoms with Crippen LogP contribution in [0.1, 0.15) is 30.3 Å². The SMILES string of the molecule is CCCn1nc(C)c(-c2ccc(CN)c(F)c2)c1C. The van der Waals surface area contributed by atoms with Gasteiger partial charge >= 0.3 is 0 Å². The molecule has 2 rings (SSSR count). The maximum absolute atomic E-state index is 13.8. The van der Waals surface area contributed by atoms with Crippen LogP contribution in [0.5, 0.6) is 0 Å². The zero-order valence-corrected chi connectivity index (χ0v) is 11.7. The van der Waals surface area contributed by atoms with Gasteiger partial charge in [0.15, 0.2) is 0 Å². The van der Waals surface area contributed by atoms with Crippen molar-refractivity contribution in [2.24, 2.45) is 5.73 Å². The summed E-state index contributed by atoms with van der Waals surface area (Å²) in [5.41, 5.74) is 9.94. The lowest BCUT2D eigenvalue weighted by Gasteiger charge is -2.06. The monoisotopic (exact) mass is 261 g/mol. The first kappa shape index (κ1) is 13.7. The standard InChI is InChI=1S/C15H20FN3/c1-4-7-19-11(3)15(10(2)18-19)12-5-6-13(9-17)14(16)8-12/h5-6,8H,4,7,9,17H2,1-3H3. The van der Waals surface area contributed by atoms with Crippen LogP contribution in [-0.2, 0) is 13.1 Å². The van der Waals surface area contributed by atoms with Gasteiger partial charge in [0.05, 0.1) is 5.69 Å². The van der Waals surface area contributed by atoms with Crippen LogP contribution in [0.2, 0.25) is 0 Å². The largest absolute Gasteiger partial charge is 0.326 e. The lowest BCUT2D eigenvalue weighted by Crippen LogP contribution is -2.01. The summed E-state index contributed by atoms with van der Waals surface area (Å²) in [6, 6.07) is 5.22. The summed E-state index contributed by atoms with van der Waals surface area (Å²) in [5, 5.41) is 4.52. The number of rotatable bonds is 4. The lowest BCUT2D eigenvalue weighted by atomic mass is 10.0. The van der Waals surface area contributed by atoms with Gasteiger partial charge in [0, 0.05) is 29.9 Å². The fourth-order valence-electron chi connectivity index (χ4n) is 2.41. The summed E-state index contributed by atoms with van der Waals surface area (Å²) in [6.45, 7) is 7.21. The molecule has 0 aliphatic rings. The Morgan fingerprint density at radius 3 is 2.63 bits per heavy atom. The highest BCUT2D eigenvalue weighted by Crippen LogP contribution is 2.28. The molecule has 3 nitrogen and oxygen atoms in total. The van der Waals surface area contributed by atoms with Crippen LogP contribution in [0.25, 0.3) is 11.1 Å². The first-order valence-corrected chi connectivity index (χ1v) is 6.61. The van der Waals surface area contributed by atoms with Gasteiger partial charge in [-0.15, -0.1) is 0 Å². The number of aromatic nitrogens is 2. The third kappa shape index (κ3) is 2.54. The topological polar surface area (TPSA) is 43.8 Å². The molecule has 0 unspecified atom stereocenters. The lowest BCUT2D eigenvalue weighted by molar-refractivity contribution is 0.583. The molecular weight excluding hydrogens is 241 g/mol. The van der Waals surface area contributed by atoms with Crippen LogP contribution < -0.4 is 5.73 Å².